The van der Waals surface area contributed by atoms with Crippen molar-refractivity contribution in [1.29, 1.82) is 0 Å². The van der Waals surface area contributed by atoms with Crippen molar-refractivity contribution >= 4 is 11.9 Å². The number of benzene rings is 1. The molecule has 10 nitrogen and oxygen atoms in total. The minimum absolute atomic E-state index is 0.164. The smallest absolute Gasteiger partial charge is 0.248 e. The van der Waals surface area contributed by atoms with E-state index in [9.17, 15) is 4.79 Å². The fraction of sp³-hybridized carbons (Fsp3) is 0.286. The SMILES string of the molecule is CCC(Nc1nnnn1-c1ccccc1)C(=O)NCc1cn[nH]n1. The number of carbonyl (C=O) groups excluding carboxylic acids is 1. The fourth-order valence-electron chi connectivity index (χ4n) is 2.14. The third-order valence-corrected chi connectivity index (χ3v) is 3.41. The van der Waals surface area contributed by atoms with E-state index in [0.29, 0.717) is 24.6 Å². The largest absolute Gasteiger partial charge is 0.349 e. The zero-order valence-electron chi connectivity index (χ0n) is 13.0. The molecule has 0 fully saturated rings. The summed E-state index contributed by atoms with van der Waals surface area (Å²) in [6.45, 7) is 2.21. The van der Waals surface area contributed by atoms with Gasteiger partial charge in [-0.1, -0.05) is 30.2 Å². The van der Waals surface area contributed by atoms with Gasteiger partial charge in [0.1, 0.15) is 11.7 Å². The standard InChI is InChI=1S/C14H17N9O/c1-2-12(13(24)15-8-10-9-16-20-18-10)17-14-19-21-22-23(14)11-6-4-3-5-7-11/h3-7,9,12H,2,8H2,1H3,(H,15,24)(H,16,18,20)(H,17,19,22). The Balaban J connectivity index is 1.67. The van der Waals surface area contributed by atoms with Crippen molar-refractivity contribution in [2.75, 3.05) is 5.32 Å². The lowest BCUT2D eigenvalue weighted by atomic mass is 10.2. The summed E-state index contributed by atoms with van der Waals surface area (Å²) in [5, 5.41) is 27.6. The lowest BCUT2D eigenvalue weighted by molar-refractivity contribution is -0.122. The summed E-state index contributed by atoms with van der Waals surface area (Å²) in [5.74, 6) is 0.243. The van der Waals surface area contributed by atoms with Gasteiger partial charge in [0.05, 0.1) is 18.4 Å². The number of para-hydroxylation sites is 1. The van der Waals surface area contributed by atoms with Crippen molar-refractivity contribution in [2.45, 2.75) is 25.9 Å². The van der Waals surface area contributed by atoms with Crippen LogP contribution in [-0.2, 0) is 11.3 Å². The molecular formula is C14H17N9O. The van der Waals surface area contributed by atoms with Gasteiger partial charge in [-0.2, -0.15) is 20.1 Å². The molecule has 1 atom stereocenters. The topological polar surface area (TPSA) is 126 Å². The Hall–Kier alpha value is -3.30. The van der Waals surface area contributed by atoms with Gasteiger partial charge in [0.2, 0.25) is 11.9 Å². The van der Waals surface area contributed by atoms with Crippen molar-refractivity contribution in [1.82, 2.24) is 40.9 Å². The average Bonchev–Trinajstić information content (AvgIpc) is 3.30. The Labute approximate surface area is 137 Å². The normalized spacial score (nSPS) is 11.9. The Morgan fingerprint density at radius 3 is 2.88 bits per heavy atom. The number of hydrogen-bond donors (Lipinski definition) is 3. The number of H-pyrrole nitrogens is 1. The molecule has 124 valence electrons. The first-order valence-corrected chi connectivity index (χ1v) is 7.50. The number of rotatable bonds is 7. The Kier molecular flexibility index (Phi) is 4.75. The van der Waals surface area contributed by atoms with E-state index in [0.717, 1.165) is 5.69 Å². The van der Waals surface area contributed by atoms with E-state index in [1.54, 1.807) is 10.9 Å². The summed E-state index contributed by atoms with van der Waals surface area (Å²) < 4.78 is 1.55. The zero-order chi connectivity index (χ0) is 16.8. The summed E-state index contributed by atoms with van der Waals surface area (Å²) in [7, 11) is 0. The molecule has 0 bridgehead atoms. The molecule has 2 aromatic heterocycles. The summed E-state index contributed by atoms with van der Waals surface area (Å²) in [6.07, 6.45) is 2.14. The molecule has 0 saturated carbocycles. The van der Waals surface area contributed by atoms with Crippen LogP contribution in [0.5, 0.6) is 0 Å². The van der Waals surface area contributed by atoms with Crippen molar-refractivity contribution in [3.63, 3.8) is 0 Å². The third-order valence-electron chi connectivity index (χ3n) is 3.41. The Morgan fingerprint density at radius 2 is 2.17 bits per heavy atom. The molecule has 1 unspecified atom stereocenters. The van der Waals surface area contributed by atoms with Crippen LogP contribution < -0.4 is 10.6 Å². The molecule has 0 aliphatic rings. The first-order valence-electron chi connectivity index (χ1n) is 7.50. The molecule has 10 heteroatoms. The van der Waals surface area contributed by atoms with Crippen LogP contribution in [0.15, 0.2) is 36.5 Å². The van der Waals surface area contributed by atoms with Gasteiger partial charge < -0.3 is 10.6 Å². The van der Waals surface area contributed by atoms with E-state index in [2.05, 4.69) is 41.6 Å². The van der Waals surface area contributed by atoms with Crippen LogP contribution in [0.3, 0.4) is 0 Å². The van der Waals surface area contributed by atoms with Gasteiger partial charge in [0, 0.05) is 0 Å². The van der Waals surface area contributed by atoms with Crippen LogP contribution in [0.4, 0.5) is 5.95 Å². The monoisotopic (exact) mass is 327 g/mol. The van der Waals surface area contributed by atoms with Crippen LogP contribution in [0.1, 0.15) is 19.0 Å². The first-order chi connectivity index (χ1) is 11.8. The highest BCUT2D eigenvalue weighted by Gasteiger charge is 2.19. The van der Waals surface area contributed by atoms with Crippen molar-refractivity contribution in [3.05, 3.63) is 42.2 Å². The number of anilines is 1. The predicted octanol–water partition coefficient (Wildman–Crippen LogP) is 0.287. The second kappa shape index (κ2) is 7.31. The highest BCUT2D eigenvalue weighted by molar-refractivity contribution is 5.84. The molecule has 3 rings (SSSR count). The van der Waals surface area contributed by atoms with E-state index in [1.807, 2.05) is 37.3 Å². The number of hydrogen-bond acceptors (Lipinski definition) is 7. The number of nitrogens with one attached hydrogen (secondary N) is 3. The van der Waals surface area contributed by atoms with E-state index in [1.165, 1.54) is 0 Å². The van der Waals surface area contributed by atoms with E-state index in [-0.39, 0.29) is 5.91 Å². The lowest BCUT2D eigenvalue weighted by Gasteiger charge is -2.16. The summed E-state index contributed by atoms with van der Waals surface area (Å²) in [4.78, 5) is 12.3. The maximum Gasteiger partial charge on any atom is 0.248 e. The molecule has 3 N–H and O–H groups in total. The molecule has 0 aliphatic carbocycles. The quantitative estimate of drug-likeness (QED) is 0.569. The maximum atomic E-state index is 12.3. The van der Waals surface area contributed by atoms with Crippen LogP contribution in [0.25, 0.3) is 5.69 Å². The van der Waals surface area contributed by atoms with Gasteiger partial charge >= 0.3 is 0 Å². The van der Waals surface area contributed by atoms with Gasteiger partial charge in [-0.05, 0) is 29.0 Å². The highest BCUT2D eigenvalue weighted by atomic mass is 16.2. The second-order valence-electron chi connectivity index (χ2n) is 5.03. The van der Waals surface area contributed by atoms with E-state index < -0.39 is 6.04 Å². The highest BCUT2D eigenvalue weighted by Crippen LogP contribution is 2.12. The molecule has 3 aromatic rings. The molecule has 1 amide bonds. The molecule has 0 spiro atoms. The number of amides is 1. The van der Waals surface area contributed by atoms with Crippen LogP contribution >= 0.6 is 0 Å². The molecule has 0 radical (unpaired) electrons. The van der Waals surface area contributed by atoms with Gasteiger partial charge in [-0.3, -0.25) is 4.79 Å². The fourth-order valence-corrected chi connectivity index (χ4v) is 2.14. The lowest BCUT2D eigenvalue weighted by Crippen LogP contribution is -2.39. The third kappa shape index (κ3) is 3.54. The van der Waals surface area contributed by atoms with Crippen molar-refractivity contribution in [3.8, 4) is 5.69 Å². The van der Waals surface area contributed by atoms with Gasteiger partial charge in [0.25, 0.3) is 0 Å². The van der Waals surface area contributed by atoms with Crippen molar-refractivity contribution in [2.24, 2.45) is 0 Å². The number of aromatic amines is 1. The molecule has 24 heavy (non-hydrogen) atoms. The summed E-state index contributed by atoms with van der Waals surface area (Å²) >= 11 is 0. The zero-order valence-corrected chi connectivity index (χ0v) is 13.0. The minimum atomic E-state index is -0.467. The summed E-state index contributed by atoms with van der Waals surface area (Å²) in [5.41, 5.74) is 1.47. The Morgan fingerprint density at radius 1 is 1.33 bits per heavy atom. The number of carbonyl (C=O) groups is 1. The van der Waals surface area contributed by atoms with Crippen molar-refractivity contribution < 1.29 is 4.79 Å². The maximum absolute atomic E-state index is 12.3. The van der Waals surface area contributed by atoms with Gasteiger partial charge in [-0.25, -0.2) is 0 Å². The van der Waals surface area contributed by atoms with Crippen LogP contribution in [0.2, 0.25) is 0 Å². The van der Waals surface area contributed by atoms with Gasteiger partial charge in [-0.15, -0.1) is 0 Å². The van der Waals surface area contributed by atoms with E-state index in [4.69, 9.17) is 0 Å². The summed E-state index contributed by atoms with van der Waals surface area (Å²) in [6, 6.07) is 8.99. The number of nitrogens with zero attached hydrogens (tertiary/aromatic N) is 6. The van der Waals surface area contributed by atoms with Gasteiger partial charge in [0.15, 0.2) is 0 Å². The van der Waals surface area contributed by atoms with Crippen LogP contribution in [0, 0.1) is 0 Å². The molecule has 0 aliphatic heterocycles. The predicted molar refractivity (Wildman–Crippen MR) is 85.1 cm³/mol. The molecule has 1 aromatic carbocycles. The van der Waals surface area contributed by atoms with Crippen LogP contribution in [-0.4, -0.2) is 47.6 Å². The molecule has 0 saturated heterocycles. The number of aromatic nitrogens is 7. The Bertz CT molecular complexity index is 769. The second-order valence-corrected chi connectivity index (χ2v) is 5.03. The average molecular weight is 327 g/mol. The van der Waals surface area contributed by atoms with E-state index >= 15 is 0 Å². The molecule has 2 heterocycles. The first kappa shape index (κ1) is 15.6. The minimum Gasteiger partial charge on any atom is -0.349 e. The number of tetrazole rings is 1. The molecular weight excluding hydrogens is 310 g/mol.